The minimum absolute atomic E-state index is 0.0454. The maximum atomic E-state index is 14.7. The number of nitrogens with zero attached hydrogens (tertiary/aromatic N) is 2. The Morgan fingerprint density at radius 2 is 2.05 bits per heavy atom. The van der Waals surface area contributed by atoms with Crippen molar-refractivity contribution in [2.24, 2.45) is 11.1 Å². The van der Waals surface area contributed by atoms with Crippen LogP contribution >= 0.6 is 0 Å². The lowest BCUT2D eigenvalue weighted by molar-refractivity contribution is -0.172. The lowest BCUT2D eigenvalue weighted by Gasteiger charge is -2.31. The van der Waals surface area contributed by atoms with E-state index in [9.17, 15) is 23.9 Å². The van der Waals surface area contributed by atoms with Gasteiger partial charge in [0.2, 0.25) is 5.91 Å². The third kappa shape index (κ3) is 4.11. The van der Waals surface area contributed by atoms with E-state index in [2.05, 4.69) is 5.32 Å². The van der Waals surface area contributed by atoms with E-state index in [1.165, 1.54) is 6.07 Å². The van der Waals surface area contributed by atoms with Gasteiger partial charge >= 0.3 is 5.97 Å². The summed E-state index contributed by atoms with van der Waals surface area (Å²) in [4.78, 5) is 42.4. The second kappa shape index (κ2) is 9.46. The molecule has 0 spiro atoms. The van der Waals surface area contributed by atoms with Crippen molar-refractivity contribution in [3.63, 3.8) is 0 Å². The van der Waals surface area contributed by atoms with Gasteiger partial charge in [-0.25, -0.2) is 14.2 Å². The molecule has 1 aromatic carbocycles. The zero-order valence-electron chi connectivity index (χ0n) is 22.4. The van der Waals surface area contributed by atoms with Crippen LogP contribution in [0.5, 0.6) is 0 Å². The van der Waals surface area contributed by atoms with Crippen LogP contribution in [-0.2, 0) is 44.2 Å². The maximum Gasteiger partial charge on any atom is 0.343 e. The van der Waals surface area contributed by atoms with E-state index in [1.807, 2.05) is 0 Å². The van der Waals surface area contributed by atoms with E-state index in [1.54, 1.807) is 30.5 Å². The third-order valence-electron chi connectivity index (χ3n) is 8.56. The van der Waals surface area contributed by atoms with Gasteiger partial charge in [0, 0.05) is 22.6 Å². The Balaban J connectivity index is 1.46. The lowest BCUT2D eigenvalue weighted by atomic mass is 9.86. The third-order valence-corrected chi connectivity index (χ3v) is 8.56. The fourth-order valence-electron chi connectivity index (χ4n) is 5.89. The van der Waals surface area contributed by atoms with Crippen molar-refractivity contribution in [2.45, 2.75) is 58.3 Å². The number of ether oxygens (including phenoxy) is 2. The van der Waals surface area contributed by atoms with Crippen LogP contribution in [0.25, 0.3) is 22.3 Å². The summed E-state index contributed by atoms with van der Waals surface area (Å²) in [6.07, 6.45) is 2.50. The van der Waals surface area contributed by atoms with Gasteiger partial charge in [0.25, 0.3) is 5.56 Å². The van der Waals surface area contributed by atoms with Crippen LogP contribution in [0.2, 0.25) is 0 Å². The van der Waals surface area contributed by atoms with Gasteiger partial charge < -0.3 is 30.2 Å². The van der Waals surface area contributed by atoms with Crippen LogP contribution in [0, 0.1) is 18.2 Å². The molecule has 210 valence electrons. The molecule has 2 aromatic heterocycles. The highest BCUT2D eigenvalue weighted by Crippen LogP contribution is 2.51. The second-order valence-corrected chi connectivity index (χ2v) is 11.1. The predicted molar refractivity (Wildman–Crippen MR) is 143 cm³/mol. The van der Waals surface area contributed by atoms with Gasteiger partial charge in [0.05, 0.1) is 42.2 Å². The SMILES string of the molecule is CC[C@@]1(O)C(=O)OCc2c1cc1n(c2=O)Cc2c-1nc1cc(F)c(C)cc1c2CC1(COCNC(=O)CN)CC1. The van der Waals surface area contributed by atoms with Gasteiger partial charge in [-0.05, 0) is 61.3 Å². The molecule has 1 aliphatic carbocycles. The summed E-state index contributed by atoms with van der Waals surface area (Å²) in [7, 11) is 0. The average Bonchev–Trinajstić information content (AvgIpc) is 3.61. The van der Waals surface area contributed by atoms with E-state index in [4.69, 9.17) is 20.2 Å². The van der Waals surface area contributed by atoms with Crippen molar-refractivity contribution in [2.75, 3.05) is 19.9 Å². The van der Waals surface area contributed by atoms with Crippen LogP contribution in [0.3, 0.4) is 0 Å². The van der Waals surface area contributed by atoms with Crippen molar-refractivity contribution < 1.29 is 28.6 Å². The molecule has 3 aromatic rings. The van der Waals surface area contributed by atoms with Gasteiger partial charge in [-0.3, -0.25) is 9.59 Å². The van der Waals surface area contributed by atoms with Gasteiger partial charge in [0.15, 0.2) is 5.60 Å². The Kier molecular flexibility index (Phi) is 6.28. The Bertz CT molecular complexity index is 1650. The summed E-state index contributed by atoms with van der Waals surface area (Å²) in [6, 6.07) is 4.87. The molecule has 0 unspecified atom stereocenters. The number of aliphatic hydroxyl groups is 1. The number of amides is 1. The molecule has 10 nitrogen and oxygen atoms in total. The maximum absolute atomic E-state index is 14.7. The zero-order valence-corrected chi connectivity index (χ0v) is 22.4. The summed E-state index contributed by atoms with van der Waals surface area (Å²) in [5.74, 6) is -1.46. The molecule has 6 rings (SSSR count). The summed E-state index contributed by atoms with van der Waals surface area (Å²) >= 11 is 0. The number of fused-ring (bicyclic) bond motifs is 5. The monoisotopic (exact) mass is 550 g/mol. The van der Waals surface area contributed by atoms with Crippen molar-refractivity contribution >= 4 is 22.8 Å². The lowest BCUT2D eigenvalue weighted by Crippen LogP contribution is -2.44. The molecule has 1 saturated carbocycles. The summed E-state index contributed by atoms with van der Waals surface area (Å²) in [5, 5.41) is 14.6. The van der Waals surface area contributed by atoms with Crippen LogP contribution in [-0.4, -0.2) is 46.4 Å². The summed E-state index contributed by atoms with van der Waals surface area (Å²) in [6.45, 7) is 3.78. The first-order valence-corrected chi connectivity index (χ1v) is 13.4. The fourth-order valence-corrected chi connectivity index (χ4v) is 5.89. The Morgan fingerprint density at radius 3 is 2.75 bits per heavy atom. The quantitative estimate of drug-likeness (QED) is 0.171. The molecule has 11 heteroatoms. The zero-order chi connectivity index (χ0) is 28.4. The average molecular weight is 551 g/mol. The number of rotatable bonds is 8. The number of hydrogen-bond donors (Lipinski definition) is 3. The van der Waals surface area contributed by atoms with E-state index in [-0.39, 0.29) is 66.7 Å². The first kappa shape index (κ1) is 26.5. The molecule has 4 heterocycles. The topological polar surface area (TPSA) is 146 Å². The molecule has 40 heavy (non-hydrogen) atoms. The number of carbonyl (C=O) groups excluding carboxylic acids is 2. The Hall–Kier alpha value is -3.67. The number of halogens is 1. The molecule has 4 N–H and O–H groups in total. The van der Waals surface area contributed by atoms with Crippen LogP contribution < -0.4 is 16.6 Å². The van der Waals surface area contributed by atoms with Crippen LogP contribution in [0.15, 0.2) is 23.0 Å². The first-order chi connectivity index (χ1) is 19.1. The Morgan fingerprint density at radius 1 is 1.27 bits per heavy atom. The number of carbonyl (C=O) groups is 2. The van der Waals surface area contributed by atoms with E-state index < -0.39 is 11.6 Å². The molecule has 1 fully saturated rings. The summed E-state index contributed by atoms with van der Waals surface area (Å²) < 4.78 is 27.3. The van der Waals surface area contributed by atoms with Crippen LogP contribution in [0.1, 0.15) is 54.0 Å². The molecule has 1 atom stereocenters. The molecule has 2 aliphatic heterocycles. The number of cyclic esters (lactones) is 1. The standard InChI is InChI=1S/C29H31FN4O6/c1-3-29(38)20-7-23-25-18(11-34(23)26(36)19(20)12-40-27(29)37)17(16-6-15(2)21(30)8-22(16)33-25)9-28(4-5-28)13-39-14-32-24(35)10-31/h6-8,38H,3-5,9-14,31H2,1-2H3,(H,32,35)/t29-/m0/s1. The molecule has 0 bridgehead atoms. The molecule has 3 aliphatic rings. The van der Waals surface area contributed by atoms with Crippen LogP contribution in [0.4, 0.5) is 4.39 Å². The number of nitrogens with one attached hydrogen (secondary N) is 1. The van der Waals surface area contributed by atoms with E-state index >= 15 is 0 Å². The molecule has 0 saturated heterocycles. The fraction of sp³-hybridized carbons (Fsp3) is 0.448. The van der Waals surface area contributed by atoms with Crippen molar-refractivity contribution in [3.8, 4) is 11.4 Å². The number of aryl methyl sites for hydroxylation is 1. The van der Waals surface area contributed by atoms with Gasteiger partial charge in [-0.1, -0.05) is 6.92 Å². The smallest absolute Gasteiger partial charge is 0.343 e. The second-order valence-electron chi connectivity index (χ2n) is 11.1. The van der Waals surface area contributed by atoms with E-state index in [0.29, 0.717) is 35.5 Å². The van der Waals surface area contributed by atoms with Gasteiger partial charge in [-0.15, -0.1) is 0 Å². The number of esters is 1. The molecule has 1 amide bonds. The molecular formula is C29H31FN4O6. The highest BCUT2D eigenvalue weighted by Gasteiger charge is 2.47. The molecule has 0 radical (unpaired) electrons. The Labute approximate surface area is 229 Å². The van der Waals surface area contributed by atoms with Gasteiger partial charge in [0.1, 0.15) is 19.2 Å². The number of benzene rings is 1. The minimum Gasteiger partial charge on any atom is -0.458 e. The number of hydrogen-bond acceptors (Lipinski definition) is 8. The minimum atomic E-state index is -1.93. The highest BCUT2D eigenvalue weighted by atomic mass is 19.1. The normalized spacial score (nSPS) is 20.1. The van der Waals surface area contributed by atoms with E-state index in [0.717, 1.165) is 29.4 Å². The number of aromatic nitrogens is 2. The molecular weight excluding hydrogens is 519 g/mol. The number of nitrogens with two attached hydrogens (primary N) is 1. The van der Waals surface area contributed by atoms with Crippen molar-refractivity contribution in [3.05, 3.63) is 62.2 Å². The van der Waals surface area contributed by atoms with Gasteiger partial charge in [-0.2, -0.15) is 0 Å². The largest absolute Gasteiger partial charge is 0.458 e. The van der Waals surface area contributed by atoms with Crippen molar-refractivity contribution in [1.82, 2.24) is 14.9 Å². The first-order valence-electron chi connectivity index (χ1n) is 13.4. The van der Waals surface area contributed by atoms with Crippen molar-refractivity contribution in [1.29, 1.82) is 0 Å². The highest BCUT2D eigenvalue weighted by molar-refractivity contribution is 5.89. The summed E-state index contributed by atoms with van der Waals surface area (Å²) in [5.41, 5.74) is 7.18. The number of pyridine rings is 2. The predicted octanol–water partition coefficient (Wildman–Crippen LogP) is 1.90.